The average molecular weight is 372 g/mol. The van der Waals surface area contributed by atoms with Gasteiger partial charge in [0, 0.05) is 17.6 Å². The Hall–Kier alpha value is -3.93. The lowest BCUT2D eigenvalue weighted by atomic mass is 10.2. The minimum absolute atomic E-state index is 0.0484. The van der Waals surface area contributed by atoms with E-state index in [4.69, 9.17) is 9.15 Å². The number of carbonyl (C=O) groups excluding carboxylic acids is 1. The second-order valence-electron chi connectivity index (χ2n) is 6.08. The summed E-state index contributed by atoms with van der Waals surface area (Å²) in [4.78, 5) is 29.0. The maximum absolute atomic E-state index is 12.5. The number of hydrogen-bond acceptors (Lipinski definition) is 5. The third-order valence-electron chi connectivity index (χ3n) is 4.14. The highest BCUT2D eigenvalue weighted by atomic mass is 16.5. The van der Waals surface area contributed by atoms with E-state index in [1.807, 2.05) is 54.6 Å². The molecule has 0 radical (unpaired) electrons. The molecule has 138 valence electrons. The first-order valence-corrected chi connectivity index (χ1v) is 8.65. The van der Waals surface area contributed by atoms with Gasteiger partial charge in [-0.1, -0.05) is 48.5 Å². The summed E-state index contributed by atoms with van der Waals surface area (Å²) in [6.07, 6.45) is 2.80. The number of anilines is 1. The zero-order valence-electron chi connectivity index (χ0n) is 14.8. The summed E-state index contributed by atoms with van der Waals surface area (Å²) in [7, 11) is 0. The molecule has 0 aliphatic heterocycles. The van der Waals surface area contributed by atoms with E-state index in [-0.39, 0.29) is 18.1 Å². The maximum atomic E-state index is 12.5. The Labute approximate surface area is 160 Å². The van der Waals surface area contributed by atoms with Gasteiger partial charge in [0.15, 0.2) is 5.76 Å². The fourth-order valence-electron chi connectivity index (χ4n) is 2.75. The van der Waals surface area contributed by atoms with E-state index in [1.54, 1.807) is 12.3 Å². The molecule has 6 heteroatoms. The van der Waals surface area contributed by atoms with E-state index in [0.717, 1.165) is 23.3 Å². The van der Waals surface area contributed by atoms with E-state index in [2.05, 4.69) is 10.3 Å². The van der Waals surface area contributed by atoms with Gasteiger partial charge in [-0.15, -0.1) is 0 Å². The number of nitrogens with one attached hydrogen (secondary N) is 1. The van der Waals surface area contributed by atoms with Gasteiger partial charge in [0.05, 0.1) is 11.2 Å². The van der Waals surface area contributed by atoms with Crippen molar-refractivity contribution in [1.29, 1.82) is 0 Å². The van der Waals surface area contributed by atoms with E-state index in [1.165, 1.54) is 0 Å². The number of fused-ring (bicyclic) bond motifs is 1. The molecule has 0 saturated carbocycles. The van der Waals surface area contributed by atoms with Crippen molar-refractivity contribution in [2.24, 2.45) is 0 Å². The molecule has 2 aromatic heterocycles. The molecule has 0 aliphatic rings. The van der Waals surface area contributed by atoms with Crippen molar-refractivity contribution in [3.8, 4) is 5.75 Å². The van der Waals surface area contributed by atoms with Gasteiger partial charge in [0.25, 0.3) is 5.91 Å². The van der Waals surface area contributed by atoms with Gasteiger partial charge in [0.1, 0.15) is 12.9 Å². The van der Waals surface area contributed by atoms with Crippen molar-refractivity contribution in [3.63, 3.8) is 0 Å². The third kappa shape index (κ3) is 3.76. The van der Waals surface area contributed by atoms with E-state index >= 15 is 0 Å². The number of ether oxygens (including phenoxy) is 1. The average Bonchev–Trinajstić information content (AvgIpc) is 2.74. The fourth-order valence-corrected chi connectivity index (χ4v) is 2.75. The Morgan fingerprint density at radius 2 is 1.86 bits per heavy atom. The molecule has 6 nitrogen and oxygen atoms in total. The van der Waals surface area contributed by atoms with Crippen molar-refractivity contribution >= 4 is 22.5 Å². The maximum Gasteiger partial charge on any atom is 0.291 e. The van der Waals surface area contributed by atoms with Gasteiger partial charge < -0.3 is 14.5 Å². The van der Waals surface area contributed by atoms with Crippen LogP contribution in [0.15, 0.2) is 88.4 Å². The van der Waals surface area contributed by atoms with Crippen LogP contribution in [0.1, 0.15) is 16.1 Å². The van der Waals surface area contributed by atoms with Crippen LogP contribution in [-0.2, 0) is 6.61 Å². The summed E-state index contributed by atoms with van der Waals surface area (Å²) in [6, 6.07) is 19.7. The molecule has 0 aliphatic carbocycles. The van der Waals surface area contributed by atoms with Crippen molar-refractivity contribution in [2.45, 2.75) is 6.61 Å². The summed E-state index contributed by atoms with van der Waals surface area (Å²) in [5.41, 5.74) is 1.69. The number of benzene rings is 2. The molecule has 4 aromatic rings. The number of nitrogens with zero attached hydrogens (tertiary/aromatic N) is 1. The Bertz CT molecular complexity index is 1180. The minimum Gasteiger partial charge on any atom is -0.482 e. The lowest BCUT2D eigenvalue weighted by Gasteiger charge is -2.08. The second-order valence-corrected chi connectivity index (χ2v) is 6.08. The fraction of sp³-hybridized carbons (Fsp3) is 0.0455. The normalized spacial score (nSPS) is 10.6. The second kappa shape index (κ2) is 7.75. The van der Waals surface area contributed by atoms with Crippen molar-refractivity contribution in [2.75, 3.05) is 5.32 Å². The van der Waals surface area contributed by atoms with Gasteiger partial charge in [0.2, 0.25) is 11.2 Å². The summed E-state index contributed by atoms with van der Waals surface area (Å²) in [5.74, 6) is -0.595. The Balaban J connectivity index is 1.50. The summed E-state index contributed by atoms with van der Waals surface area (Å²) in [6.45, 7) is 0.235. The van der Waals surface area contributed by atoms with Crippen LogP contribution in [0.4, 0.5) is 5.69 Å². The predicted molar refractivity (Wildman–Crippen MR) is 105 cm³/mol. The lowest BCUT2D eigenvalue weighted by molar-refractivity contribution is 0.0993. The number of rotatable bonds is 5. The van der Waals surface area contributed by atoms with Crippen molar-refractivity contribution < 1.29 is 13.9 Å². The summed E-state index contributed by atoms with van der Waals surface area (Å²) >= 11 is 0. The summed E-state index contributed by atoms with van der Waals surface area (Å²) in [5, 5.41) is 3.63. The van der Waals surface area contributed by atoms with Gasteiger partial charge in [-0.05, 0) is 17.7 Å². The molecule has 0 saturated heterocycles. The molecular weight excluding hydrogens is 356 g/mol. The van der Waals surface area contributed by atoms with Crippen LogP contribution in [0.25, 0.3) is 10.9 Å². The predicted octanol–water partition coefficient (Wildman–Crippen LogP) is 4.02. The van der Waals surface area contributed by atoms with Crippen LogP contribution < -0.4 is 15.5 Å². The SMILES string of the molecule is O=C(Nc1cccc2cccnc12)c1cc(=O)c(OCc2ccccc2)co1. The first kappa shape index (κ1) is 17.5. The largest absolute Gasteiger partial charge is 0.482 e. The number of amides is 1. The number of pyridine rings is 1. The van der Waals surface area contributed by atoms with Crippen molar-refractivity contribution in [3.05, 3.63) is 101 Å². The number of aromatic nitrogens is 1. The van der Waals surface area contributed by atoms with E-state index < -0.39 is 11.3 Å². The molecule has 0 bridgehead atoms. The van der Waals surface area contributed by atoms with Gasteiger partial charge >= 0.3 is 0 Å². The van der Waals surface area contributed by atoms with Crippen LogP contribution in [0.2, 0.25) is 0 Å². The quantitative estimate of drug-likeness (QED) is 0.572. The molecule has 2 heterocycles. The first-order valence-electron chi connectivity index (χ1n) is 8.65. The zero-order chi connectivity index (χ0) is 19.3. The third-order valence-corrected chi connectivity index (χ3v) is 4.14. The molecule has 1 N–H and O–H groups in total. The molecule has 0 fully saturated rings. The Morgan fingerprint density at radius 3 is 2.68 bits per heavy atom. The van der Waals surface area contributed by atoms with Gasteiger partial charge in [-0.25, -0.2) is 0 Å². The standard InChI is InChI=1S/C22H16N2O4/c25-18-12-19(28-14-20(18)27-13-15-6-2-1-3-7-15)22(26)24-17-10-4-8-16-9-5-11-23-21(16)17/h1-12,14H,13H2,(H,24,26). The van der Waals surface area contributed by atoms with Gasteiger partial charge in [-0.3, -0.25) is 14.6 Å². The molecule has 28 heavy (non-hydrogen) atoms. The molecule has 4 rings (SSSR count). The van der Waals surface area contributed by atoms with Crippen LogP contribution in [-0.4, -0.2) is 10.9 Å². The smallest absolute Gasteiger partial charge is 0.291 e. The molecule has 0 unspecified atom stereocenters. The number of carbonyl (C=O) groups is 1. The van der Waals surface area contributed by atoms with Crippen LogP contribution in [0.5, 0.6) is 5.75 Å². The molecule has 1 amide bonds. The lowest BCUT2D eigenvalue weighted by Crippen LogP contribution is -2.16. The van der Waals surface area contributed by atoms with Gasteiger partial charge in [-0.2, -0.15) is 0 Å². The molecule has 0 atom stereocenters. The van der Waals surface area contributed by atoms with Crippen LogP contribution >= 0.6 is 0 Å². The highest BCUT2D eigenvalue weighted by Crippen LogP contribution is 2.21. The molecule has 2 aromatic carbocycles. The monoisotopic (exact) mass is 372 g/mol. The Kier molecular flexibility index (Phi) is 4.84. The molecule has 0 spiro atoms. The highest BCUT2D eigenvalue weighted by molar-refractivity contribution is 6.06. The van der Waals surface area contributed by atoms with Crippen molar-refractivity contribution in [1.82, 2.24) is 4.98 Å². The molecular formula is C22H16N2O4. The minimum atomic E-state index is -0.537. The Morgan fingerprint density at radius 1 is 1.04 bits per heavy atom. The van der Waals surface area contributed by atoms with Crippen LogP contribution in [0, 0.1) is 0 Å². The number of para-hydroxylation sites is 1. The first-order chi connectivity index (χ1) is 13.7. The topological polar surface area (TPSA) is 81.4 Å². The van der Waals surface area contributed by atoms with E-state index in [0.29, 0.717) is 11.2 Å². The zero-order valence-corrected chi connectivity index (χ0v) is 14.8. The van der Waals surface area contributed by atoms with E-state index in [9.17, 15) is 9.59 Å². The van der Waals surface area contributed by atoms with Crippen LogP contribution in [0.3, 0.4) is 0 Å². The highest BCUT2D eigenvalue weighted by Gasteiger charge is 2.14. The summed E-state index contributed by atoms with van der Waals surface area (Å²) < 4.78 is 10.8. The number of hydrogen-bond donors (Lipinski definition) is 1.